The number of esters is 2. The normalized spacial score (nSPS) is 9.78. The van der Waals surface area contributed by atoms with Gasteiger partial charge >= 0.3 is 71.1 Å². The molecular formula is C26H29Na2O8P. The van der Waals surface area contributed by atoms with Gasteiger partial charge in [-0.25, -0.2) is 4.79 Å². The van der Waals surface area contributed by atoms with Crippen LogP contribution in [0.4, 0.5) is 0 Å². The average Bonchev–Trinajstić information content (AvgIpc) is 2.80. The first-order chi connectivity index (χ1) is 16.8. The van der Waals surface area contributed by atoms with Gasteiger partial charge < -0.3 is 28.3 Å². The van der Waals surface area contributed by atoms with E-state index in [1.807, 2.05) is 5.92 Å². The third kappa shape index (κ3) is 31.0. The number of carbonyl (C=O) groups excluding carboxylic acids is 2. The summed E-state index contributed by atoms with van der Waals surface area (Å²) in [6.07, 6.45) is 14.0. The van der Waals surface area contributed by atoms with Crippen LogP contribution in [0.5, 0.6) is 0 Å². The maximum absolute atomic E-state index is 12.0. The van der Waals surface area contributed by atoms with E-state index in [1.54, 1.807) is 0 Å². The molecule has 0 aromatic carbocycles. The van der Waals surface area contributed by atoms with Gasteiger partial charge in [0.1, 0.15) is 6.61 Å². The van der Waals surface area contributed by atoms with Crippen molar-refractivity contribution >= 4 is 19.8 Å². The first kappa shape index (κ1) is 40.3. The van der Waals surface area contributed by atoms with E-state index in [9.17, 15) is 23.9 Å². The van der Waals surface area contributed by atoms with Gasteiger partial charge in [0.15, 0.2) is 0 Å². The fourth-order valence-corrected chi connectivity index (χ4v) is 2.93. The molecular weight excluding hydrogens is 517 g/mol. The van der Waals surface area contributed by atoms with Crippen molar-refractivity contribution in [1.29, 1.82) is 0 Å². The SMILES string of the molecule is C#CC#CC#CC#CC#CC(=O)O[C@H](COP(=O)([O-])[O-])OC(=O)CCCCCCCCCCCC.[Na+].[Na+]. The second-order valence-electron chi connectivity index (χ2n) is 7.14. The molecule has 0 heterocycles. The molecule has 0 N–H and O–H groups in total. The minimum absolute atomic E-state index is 0. The quantitative estimate of drug-likeness (QED) is 0.0368. The molecule has 0 saturated heterocycles. The summed E-state index contributed by atoms with van der Waals surface area (Å²) in [4.78, 5) is 45.2. The molecule has 0 amide bonds. The molecule has 0 aromatic rings. The predicted octanol–water partition coefficient (Wildman–Crippen LogP) is -3.79. The molecule has 1 atom stereocenters. The molecule has 0 unspecified atom stereocenters. The molecule has 0 rings (SSSR count). The molecule has 8 nitrogen and oxygen atoms in total. The van der Waals surface area contributed by atoms with Crippen LogP contribution in [0.1, 0.15) is 77.6 Å². The van der Waals surface area contributed by atoms with E-state index in [4.69, 9.17) is 15.9 Å². The fourth-order valence-electron chi connectivity index (χ4n) is 2.63. The topological polar surface area (TPSA) is 125 Å². The summed E-state index contributed by atoms with van der Waals surface area (Å²) in [5.74, 6) is 18.0. The molecule has 0 spiro atoms. The number of ether oxygens (including phenoxy) is 2. The number of phosphoric acid groups is 1. The monoisotopic (exact) mass is 546 g/mol. The molecule has 0 aliphatic carbocycles. The van der Waals surface area contributed by atoms with Crippen LogP contribution in [0.15, 0.2) is 0 Å². The Labute approximate surface area is 264 Å². The van der Waals surface area contributed by atoms with E-state index in [1.165, 1.54) is 32.1 Å². The Morgan fingerprint density at radius 3 is 1.78 bits per heavy atom. The van der Waals surface area contributed by atoms with Gasteiger partial charge in [0.2, 0.25) is 0 Å². The summed E-state index contributed by atoms with van der Waals surface area (Å²) in [6, 6.07) is 0. The van der Waals surface area contributed by atoms with E-state index in [0.29, 0.717) is 6.42 Å². The molecule has 0 radical (unpaired) electrons. The maximum Gasteiger partial charge on any atom is 1.00 e. The van der Waals surface area contributed by atoms with Crippen molar-refractivity contribution in [3.63, 3.8) is 0 Å². The van der Waals surface area contributed by atoms with Gasteiger partial charge in [-0.1, -0.05) is 64.7 Å². The van der Waals surface area contributed by atoms with E-state index in [-0.39, 0.29) is 65.5 Å². The summed E-state index contributed by atoms with van der Waals surface area (Å²) in [6.45, 7) is 1.20. The van der Waals surface area contributed by atoms with Gasteiger partial charge in [0.05, 0.1) is 7.82 Å². The van der Waals surface area contributed by atoms with Crippen molar-refractivity contribution in [3.8, 4) is 59.7 Å². The Morgan fingerprint density at radius 2 is 1.27 bits per heavy atom. The number of hydrogen-bond donors (Lipinski definition) is 0. The van der Waals surface area contributed by atoms with E-state index in [0.717, 1.165) is 25.7 Å². The van der Waals surface area contributed by atoms with Crippen molar-refractivity contribution in [2.75, 3.05) is 6.61 Å². The number of phosphoric ester groups is 1. The maximum atomic E-state index is 12.0. The van der Waals surface area contributed by atoms with Crippen LogP contribution in [-0.4, -0.2) is 24.8 Å². The molecule has 0 bridgehead atoms. The fraction of sp³-hybridized carbons (Fsp3) is 0.538. The van der Waals surface area contributed by atoms with Crippen LogP contribution in [0.2, 0.25) is 0 Å². The van der Waals surface area contributed by atoms with Crippen LogP contribution < -0.4 is 68.9 Å². The third-order valence-corrected chi connectivity index (χ3v) is 4.68. The van der Waals surface area contributed by atoms with Gasteiger partial charge in [-0.2, -0.15) is 0 Å². The first-order valence-electron chi connectivity index (χ1n) is 11.3. The second kappa shape index (κ2) is 27.9. The Balaban J connectivity index is -0.00000578. The molecule has 0 aromatic heterocycles. The predicted molar refractivity (Wildman–Crippen MR) is 126 cm³/mol. The van der Waals surface area contributed by atoms with Gasteiger partial charge in [0, 0.05) is 12.3 Å². The molecule has 188 valence electrons. The van der Waals surface area contributed by atoms with Gasteiger partial charge in [-0.15, -0.1) is 6.42 Å². The zero-order valence-corrected chi connectivity index (χ0v) is 26.7. The Kier molecular flexibility index (Phi) is 30.4. The van der Waals surface area contributed by atoms with Crippen LogP contribution in [0.3, 0.4) is 0 Å². The van der Waals surface area contributed by atoms with Crippen LogP contribution >= 0.6 is 7.82 Å². The number of hydrogen-bond acceptors (Lipinski definition) is 8. The van der Waals surface area contributed by atoms with E-state index in [2.05, 4.69) is 58.8 Å². The van der Waals surface area contributed by atoms with Crippen LogP contribution in [0, 0.1) is 59.7 Å². The zero-order valence-electron chi connectivity index (χ0n) is 21.9. The Morgan fingerprint density at radius 1 is 0.784 bits per heavy atom. The minimum Gasteiger partial charge on any atom is -0.790 e. The van der Waals surface area contributed by atoms with Crippen molar-refractivity contribution in [2.24, 2.45) is 0 Å². The molecule has 0 aliphatic heterocycles. The van der Waals surface area contributed by atoms with Crippen molar-refractivity contribution in [2.45, 2.75) is 83.8 Å². The number of carbonyl (C=O) groups is 2. The van der Waals surface area contributed by atoms with Gasteiger partial charge in [-0.3, -0.25) is 4.79 Å². The summed E-state index contributed by atoms with van der Waals surface area (Å²) >= 11 is 0. The largest absolute Gasteiger partial charge is 1.00 e. The molecule has 0 saturated carbocycles. The minimum atomic E-state index is -5.37. The van der Waals surface area contributed by atoms with Crippen LogP contribution in [0.25, 0.3) is 0 Å². The number of rotatable bonds is 16. The third-order valence-electron chi connectivity index (χ3n) is 4.22. The summed E-state index contributed by atoms with van der Waals surface area (Å²) < 4.78 is 24.4. The van der Waals surface area contributed by atoms with Crippen molar-refractivity contribution in [3.05, 3.63) is 0 Å². The van der Waals surface area contributed by atoms with E-state index >= 15 is 0 Å². The zero-order chi connectivity index (χ0) is 26.2. The van der Waals surface area contributed by atoms with Crippen LogP contribution in [-0.2, 0) is 28.2 Å². The summed E-state index contributed by atoms with van der Waals surface area (Å²) in [5.41, 5.74) is 0. The first-order valence-corrected chi connectivity index (χ1v) is 12.8. The Hall–Kier alpha value is -1.15. The summed E-state index contributed by atoms with van der Waals surface area (Å²) in [5, 5.41) is 0. The second-order valence-corrected chi connectivity index (χ2v) is 8.30. The number of unbranched alkanes of at least 4 members (excludes halogenated alkanes) is 9. The van der Waals surface area contributed by atoms with E-state index < -0.39 is 32.7 Å². The summed E-state index contributed by atoms with van der Waals surface area (Å²) in [7, 11) is -5.37. The molecule has 0 aliphatic rings. The molecule has 37 heavy (non-hydrogen) atoms. The smallest absolute Gasteiger partial charge is 0.790 e. The van der Waals surface area contributed by atoms with Crippen molar-refractivity contribution < 1.29 is 97.1 Å². The molecule has 11 heteroatoms. The average molecular weight is 546 g/mol. The Bertz CT molecular complexity index is 1000. The number of terminal acetylenes is 1. The molecule has 0 fully saturated rings. The van der Waals surface area contributed by atoms with Gasteiger partial charge in [0.25, 0.3) is 6.29 Å². The standard InChI is InChI=1S/C26H31O8P.2Na/c1-3-5-7-9-11-13-14-16-18-20-22-25(28)34-26(23-32-35(29,30)31)33-24(27)21-19-17-15-12-10-8-6-4-2;;/h2,26H,3,5,7,9,11,13-14,16,18,20,22-23H2,1H3,(H2,29,30,31);;/q;2*+1/p-2/t26-;;/m0../s1. The van der Waals surface area contributed by atoms with Gasteiger partial charge in [-0.05, 0) is 53.8 Å². The van der Waals surface area contributed by atoms with Crippen molar-refractivity contribution in [1.82, 2.24) is 0 Å².